The first-order valence-corrected chi connectivity index (χ1v) is 4.91. The Morgan fingerprint density at radius 1 is 1.24 bits per heavy atom. The van der Waals surface area contributed by atoms with E-state index in [9.17, 15) is 14.4 Å². The van der Waals surface area contributed by atoms with E-state index in [1.165, 1.54) is 31.2 Å². The summed E-state index contributed by atoms with van der Waals surface area (Å²) in [5.74, 6) is -2.17. The molecule has 0 fully saturated rings. The summed E-state index contributed by atoms with van der Waals surface area (Å²) in [7, 11) is 0. The van der Waals surface area contributed by atoms with Crippen molar-refractivity contribution in [2.45, 2.75) is 6.92 Å². The van der Waals surface area contributed by atoms with E-state index in [0.29, 0.717) is 5.57 Å². The van der Waals surface area contributed by atoms with Crippen molar-refractivity contribution in [2.24, 2.45) is 0 Å². The number of anilines is 1. The van der Waals surface area contributed by atoms with Crippen molar-refractivity contribution in [1.82, 2.24) is 0 Å². The molecule has 1 aromatic carbocycles. The average Bonchev–Trinajstić information content (AvgIpc) is 2.53. The summed E-state index contributed by atoms with van der Waals surface area (Å²) in [4.78, 5) is 35.2. The van der Waals surface area contributed by atoms with Gasteiger partial charge in [-0.05, 0) is 19.1 Å². The van der Waals surface area contributed by atoms with Crippen molar-refractivity contribution in [3.8, 4) is 0 Å². The Kier molecular flexibility index (Phi) is 2.51. The number of hydrogen-bond donors (Lipinski definition) is 1. The third kappa shape index (κ3) is 1.71. The van der Waals surface area contributed by atoms with E-state index in [4.69, 9.17) is 5.11 Å². The van der Waals surface area contributed by atoms with Crippen molar-refractivity contribution in [2.75, 3.05) is 4.90 Å². The third-order valence-corrected chi connectivity index (χ3v) is 2.48. The van der Waals surface area contributed by atoms with Crippen molar-refractivity contribution in [1.29, 1.82) is 0 Å². The molecule has 17 heavy (non-hydrogen) atoms. The molecular formula is C12H9NO4. The number of benzene rings is 1. The van der Waals surface area contributed by atoms with Gasteiger partial charge in [0.1, 0.15) is 0 Å². The van der Waals surface area contributed by atoms with E-state index in [1.54, 1.807) is 6.07 Å². The summed E-state index contributed by atoms with van der Waals surface area (Å²) >= 11 is 0. The number of para-hydroxylation sites is 1. The van der Waals surface area contributed by atoms with Gasteiger partial charge in [0.25, 0.3) is 11.8 Å². The molecule has 0 atom stereocenters. The standard InChI is InChI=1S/C12H9NO4/c1-7-6-10(14)13(11(7)15)9-5-3-2-4-8(9)12(16)17/h2-6H,1H3,(H,16,17). The minimum absolute atomic E-state index is 0.0719. The predicted octanol–water partition coefficient (Wildman–Crippen LogP) is 1.20. The topological polar surface area (TPSA) is 74.7 Å². The van der Waals surface area contributed by atoms with Crippen LogP contribution in [-0.2, 0) is 9.59 Å². The summed E-state index contributed by atoms with van der Waals surface area (Å²) in [5, 5.41) is 9.00. The van der Waals surface area contributed by atoms with Crippen molar-refractivity contribution in [3.63, 3.8) is 0 Å². The van der Waals surface area contributed by atoms with Crippen LogP contribution in [0.4, 0.5) is 5.69 Å². The maximum Gasteiger partial charge on any atom is 0.337 e. The van der Waals surface area contributed by atoms with Crippen LogP contribution < -0.4 is 4.90 Å². The zero-order chi connectivity index (χ0) is 12.6. The Morgan fingerprint density at radius 3 is 2.41 bits per heavy atom. The van der Waals surface area contributed by atoms with Crippen LogP contribution in [-0.4, -0.2) is 22.9 Å². The Hall–Kier alpha value is -2.43. The maximum absolute atomic E-state index is 11.7. The van der Waals surface area contributed by atoms with Crippen molar-refractivity contribution < 1.29 is 19.5 Å². The van der Waals surface area contributed by atoms with Crippen LogP contribution in [0.25, 0.3) is 0 Å². The Bertz CT molecular complexity index is 559. The summed E-state index contributed by atoms with van der Waals surface area (Å²) in [6.07, 6.45) is 1.20. The molecule has 1 N–H and O–H groups in total. The average molecular weight is 231 g/mol. The predicted molar refractivity (Wildman–Crippen MR) is 59.7 cm³/mol. The van der Waals surface area contributed by atoms with E-state index in [0.717, 1.165) is 4.90 Å². The maximum atomic E-state index is 11.7. The number of nitrogens with zero attached hydrogens (tertiary/aromatic N) is 1. The van der Waals surface area contributed by atoms with Gasteiger partial charge in [-0.15, -0.1) is 0 Å². The number of carbonyl (C=O) groups excluding carboxylic acids is 2. The Morgan fingerprint density at radius 2 is 1.88 bits per heavy atom. The second-order valence-electron chi connectivity index (χ2n) is 3.63. The first-order valence-electron chi connectivity index (χ1n) is 4.91. The van der Waals surface area contributed by atoms with Gasteiger partial charge in [-0.1, -0.05) is 12.1 Å². The van der Waals surface area contributed by atoms with Crippen molar-refractivity contribution >= 4 is 23.5 Å². The summed E-state index contributed by atoms with van der Waals surface area (Å²) in [6, 6.07) is 5.91. The van der Waals surface area contributed by atoms with Gasteiger partial charge < -0.3 is 5.11 Å². The van der Waals surface area contributed by atoms with Crippen LogP contribution in [0.1, 0.15) is 17.3 Å². The second kappa shape index (κ2) is 3.86. The number of amides is 2. The first kappa shape index (κ1) is 11.1. The van der Waals surface area contributed by atoms with Crippen LogP contribution in [0.2, 0.25) is 0 Å². The van der Waals surface area contributed by atoms with Gasteiger partial charge in [0.15, 0.2) is 0 Å². The number of carboxylic acids is 1. The van der Waals surface area contributed by atoms with Crippen LogP contribution >= 0.6 is 0 Å². The highest BCUT2D eigenvalue weighted by molar-refractivity contribution is 6.31. The van der Waals surface area contributed by atoms with Gasteiger partial charge in [-0.2, -0.15) is 0 Å². The molecule has 2 rings (SSSR count). The van der Waals surface area contributed by atoms with E-state index in [-0.39, 0.29) is 11.3 Å². The second-order valence-corrected chi connectivity index (χ2v) is 3.63. The zero-order valence-electron chi connectivity index (χ0n) is 9.01. The van der Waals surface area contributed by atoms with E-state index < -0.39 is 17.8 Å². The Balaban J connectivity index is 2.53. The highest BCUT2D eigenvalue weighted by Gasteiger charge is 2.32. The molecule has 1 aromatic rings. The lowest BCUT2D eigenvalue weighted by Gasteiger charge is -2.16. The van der Waals surface area contributed by atoms with Crippen LogP contribution in [0.5, 0.6) is 0 Å². The van der Waals surface area contributed by atoms with E-state index in [1.807, 2.05) is 0 Å². The van der Waals surface area contributed by atoms with Gasteiger partial charge in [0.2, 0.25) is 0 Å². The molecule has 0 unspecified atom stereocenters. The molecular weight excluding hydrogens is 222 g/mol. The number of carboxylic acid groups (broad SMARTS) is 1. The number of rotatable bonds is 2. The molecule has 5 heteroatoms. The molecule has 0 saturated heterocycles. The van der Waals surface area contributed by atoms with Crippen LogP contribution in [0, 0.1) is 0 Å². The quantitative estimate of drug-likeness (QED) is 0.776. The SMILES string of the molecule is CC1=CC(=O)N(c2ccccc2C(=O)O)C1=O. The van der Waals surface area contributed by atoms with Gasteiger partial charge in [0.05, 0.1) is 11.3 Å². The molecule has 0 spiro atoms. The first-order chi connectivity index (χ1) is 8.02. The zero-order valence-corrected chi connectivity index (χ0v) is 9.01. The summed E-state index contributed by atoms with van der Waals surface area (Å²) < 4.78 is 0. The lowest BCUT2D eigenvalue weighted by molar-refractivity contribution is -0.120. The lowest BCUT2D eigenvalue weighted by Crippen LogP contribution is -2.31. The summed E-state index contributed by atoms with van der Waals surface area (Å²) in [5.41, 5.74) is 0.329. The highest BCUT2D eigenvalue weighted by atomic mass is 16.4. The number of imide groups is 1. The van der Waals surface area contributed by atoms with Gasteiger partial charge in [0, 0.05) is 11.6 Å². The molecule has 0 bridgehead atoms. The van der Waals surface area contributed by atoms with Crippen LogP contribution in [0.15, 0.2) is 35.9 Å². The molecule has 1 aliphatic heterocycles. The van der Waals surface area contributed by atoms with E-state index >= 15 is 0 Å². The number of aromatic carboxylic acids is 1. The molecule has 0 aliphatic carbocycles. The van der Waals surface area contributed by atoms with Gasteiger partial charge in [-0.3, -0.25) is 9.59 Å². The largest absolute Gasteiger partial charge is 0.478 e. The number of hydrogen-bond acceptors (Lipinski definition) is 3. The molecule has 0 saturated carbocycles. The van der Waals surface area contributed by atoms with E-state index in [2.05, 4.69) is 0 Å². The van der Waals surface area contributed by atoms with Gasteiger partial charge in [-0.25, -0.2) is 9.69 Å². The third-order valence-electron chi connectivity index (χ3n) is 2.48. The molecule has 5 nitrogen and oxygen atoms in total. The number of carbonyl (C=O) groups is 3. The fraction of sp³-hybridized carbons (Fsp3) is 0.0833. The molecule has 0 radical (unpaired) electrons. The fourth-order valence-electron chi connectivity index (χ4n) is 1.67. The van der Waals surface area contributed by atoms with Crippen molar-refractivity contribution in [3.05, 3.63) is 41.5 Å². The highest BCUT2D eigenvalue weighted by Crippen LogP contribution is 2.25. The molecule has 2 amide bonds. The molecule has 1 aliphatic rings. The smallest absolute Gasteiger partial charge is 0.337 e. The molecule has 86 valence electrons. The molecule has 0 aromatic heterocycles. The van der Waals surface area contributed by atoms with Crippen LogP contribution in [0.3, 0.4) is 0 Å². The Labute approximate surface area is 97.0 Å². The lowest BCUT2D eigenvalue weighted by atomic mass is 10.1. The fourth-order valence-corrected chi connectivity index (χ4v) is 1.67. The summed E-state index contributed by atoms with van der Waals surface area (Å²) in [6.45, 7) is 1.52. The minimum atomic E-state index is -1.18. The molecule has 1 heterocycles. The monoisotopic (exact) mass is 231 g/mol. The normalized spacial score (nSPS) is 15.1. The minimum Gasteiger partial charge on any atom is -0.478 e. The van der Waals surface area contributed by atoms with Gasteiger partial charge >= 0.3 is 5.97 Å².